The van der Waals surface area contributed by atoms with Crippen LogP contribution in [0.5, 0.6) is 0 Å². The molecule has 1 heteroatoms. The van der Waals surface area contributed by atoms with Gasteiger partial charge in [0, 0.05) is 5.92 Å². The molecule has 0 aromatic rings. The minimum Gasteiger partial charge on any atom is -0.300 e. The highest BCUT2D eigenvalue weighted by Crippen LogP contribution is 2.20. The zero-order valence-electron chi connectivity index (χ0n) is 12.1. The molecule has 0 bridgehead atoms. The van der Waals surface area contributed by atoms with E-state index in [1.165, 1.54) is 64.2 Å². The molecule has 18 heavy (non-hydrogen) atoms. The topological polar surface area (TPSA) is 17.1 Å². The predicted octanol–water partition coefficient (Wildman–Crippen LogP) is 5.44. The van der Waals surface area contributed by atoms with Gasteiger partial charge in [0.05, 0.1) is 0 Å². The molecule has 1 aliphatic carbocycles. The molecule has 0 N–H and O–H groups in total. The summed E-state index contributed by atoms with van der Waals surface area (Å²) >= 11 is 0. The maximum absolute atomic E-state index is 11.6. The van der Waals surface area contributed by atoms with Crippen molar-refractivity contribution >= 4 is 5.78 Å². The number of Topliss-reactive ketones (excluding diaryl/α,β-unsaturated/α-hetero) is 1. The number of hydrogen-bond donors (Lipinski definition) is 0. The van der Waals surface area contributed by atoms with Gasteiger partial charge in [0.1, 0.15) is 5.78 Å². The lowest BCUT2D eigenvalue weighted by Gasteiger charge is -2.13. The van der Waals surface area contributed by atoms with Crippen LogP contribution in [0.1, 0.15) is 84.0 Å². The largest absolute Gasteiger partial charge is 0.300 e. The van der Waals surface area contributed by atoms with Crippen molar-refractivity contribution in [1.29, 1.82) is 0 Å². The number of allylic oxidation sites excluding steroid dienone is 2. The summed E-state index contributed by atoms with van der Waals surface area (Å²) in [4.78, 5) is 11.6. The zero-order valence-corrected chi connectivity index (χ0v) is 12.1. The Labute approximate surface area is 113 Å². The molecule has 1 aliphatic rings. The second-order valence-corrected chi connectivity index (χ2v) is 5.76. The van der Waals surface area contributed by atoms with Crippen molar-refractivity contribution in [3.63, 3.8) is 0 Å². The van der Waals surface area contributed by atoms with Crippen LogP contribution in [0.3, 0.4) is 0 Å². The molecule has 0 aliphatic heterocycles. The molecule has 0 saturated carbocycles. The summed E-state index contributed by atoms with van der Waals surface area (Å²) in [5.74, 6) is 0.768. The van der Waals surface area contributed by atoms with Gasteiger partial charge in [-0.05, 0) is 45.4 Å². The van der Waals surface area contributed by atoms with Crippen LogP contribution in [0.2, 0.25) is 0 Å². The second-order valence-electron chi connectivity index (χ2n) is 5.76. The van der Waals surface area contributed by atoms with Gasteiger partial charge in [-0.25, -0.2) is 0 Å². The Hall–Kier alpha value is -0.590. The molecular formula is C17H30O. The van der Waals surface area contributed by atoms with Crippen LogP contribution < -0.4 is 0 Å². The van der Waals surface area contributed by atoms with Crippen molar-refractivity contribution in [2.24, 2.45) is 5.92 Å². The van der Waals surface area contributed by atoms with Crippen LogP contribution in [-0.4, -0.2) is 5.78 Å². The van der Waals surface area contributed by atoms with Gasteiger partial charge in [-0.1, -0.05) is 50.7 Å². The van der Waals surface area contributed by atoms with Gasteiger partial charge in [0.25, 0.3) is 0 Å². The summed E-state index contributed by atoms with van der Waals surface area (Å²) < 4.78 is 0. The zero-order chi connectivity index (χ0) is 13.1. The Morgan fingerprint density at radius 2 is 1.22 bits per heavy atom. The maximum atomic E-state index is 11.6. The highest BCUT2D eigenvalue weighted by molar-refractivity contribution is 5.78. The smallest absolute Gasteiger partial charge is 0.132 e. The fraction of sp³-hybridized carbons (Fsp3) is 0.824. The first-order valence-corrected chi connectivity index (χ1v) is 7.96. The van der Waals surface area contributed by atoms with E-state index < -0.39 is 0 Å². The van der Waals surface area contributed by atoms with Crippen LogP contribution in [-0.2, 0) is 4.79 Å². The highest BCUT2D eigenvalue weighted by atomic mass is 16.1. The Kier molecular flexibility index (Phi) is 8.89. The van der Waals surface area contributed by atoms with Crippen molar-refractivity contribution in [3.8, 4) is 0 Å². The van der Waals surface area contributed by atoms with E-state index in [1.54, 1.807) is 6.92 Å². The molecule has 0 fully saturated rings. The molecule has 0 aromatic heterocycles. The molecule has 104 valence electrons. The van der Waals surface area contributed by atoms with Crippen molar-refractivity contribution in [1.82, 2.24) is 0 Å². The van der Waals surface area contributed by atoms with Gasteiger partial charge in [0.15, 0.2) is 0 Å². The van der Waals surface area contributed by atoms with Gasteiger partial charge in [-0.15, -0.1) is 0 Å². The van der Waals surface area contributed by atoms with Crippen LogP contribution in [0.15, 0.2) is 12.2 Å². The Morgan fingerprint density at radius 1 is 0.778 bits per heavy atom. The third-order valence-corrected chi connectivity index (χ3v) is 4.09. The number of ketones is 1. The fourth-order valence-electron chi connectivity index (χ4n) is 2.80. The van der Waals surface area contributed by atoms with Crippen LogP contribution in [0.4, 0.5) is 0 Å². The molecule has 1 unspecified atom stereocenters. The van der Waals surface area contributed by atoms with E-state index in [1.807, 2.05) is 0 Å². The quantitative estimate of drug-likeness (QED) is 0.566. The summed E-state index contributed by atoms with van der Waals surface area (Å²) in [6.07, 6.45) is 19.9. The van der Waals surface area contributed by atoms with Crippen molar-refractivity contribution in [3.05, 3.63) is 12.2 Å². The van der Waals surface area contributed by atoms with E-state index in [2.05, 4.69) is 12.2 Å². The van der Waals surface area contributed by atoms with Gasteiger partial charge in [0.2, 0.25) is 0 Å². The van der Waals surface area contributed by atoms with Crippen molar-refractivity contribution in [2.75, 3.05) is 0 Å². The molecule has 1 rings (SSSR count). The predicted molar refractivity (Wildman–Crippen MR) is 78.7 cm³/mol. The minimum absolute atomic E-state index is 0.352. The molecule has 0 radical (unpaired) electrons. The lowest BCUT2D eigenvalue weighted by molar-refractivity contribution is -0.121. The Balaban J connectivity index is 2.32. The van der Waals surface area contributed by atoms with Crippen molar-refractivity contribution < 1.29 is 4.79 Å². The normalized spacial score (nSPS) is 25.1. The molecule has 0 aromatic carbocycles. The first-order valence-electron chi connectivity index (χ1n) is 7.96. The summed E-state index contributed by atoms with van der Waals surface area (Å²) in [5, 5.41) is 0. The summed E-state index contributed by atoms with van der Waals surface area (Å²) in [6, 6.07) is 0. The van der Waals surface area contributed by atoms with E-state index in [9.17, 15) is 4.79 Å². The van der Waals surface area contributed by atoms with E-state index >= 15 is 0 Å². The Bertz CT molecular complexity index is 242. The van der Waals surface area contributed by atoms with E-state index in [4.69, 9.17) is 0 Å². The molecule has 1 atom stereocenters. The van der Waals surface area contributed by atoms with Crippen LogP contribution >= 0.6 is 0 Å². The van der Waals surface area contributed by atoms with Crippen LogP contribution in [0, 0.1) is 5.92 Å². The van der Waals surface area contributed by atoms with E-state index in [0.717, 1.165) is 12.8 Å². The minimum atomic E-state index is 0.352. The fourth-order valence-corrected chi connectivity index (χ4v) is 2.80. The first-order chi connectivity index (χ1) is 8.80. The van der Waals surface area contributed by atoms with Gasteiger partial charge in [-0.3, -0.25) is 4.79 Å². The van der Waals surface area contributed by atoms with Gasteiger partial charge in [-0.2, -0.15) is 0 Å². The molecule has 0 saturated heterocycles. The highest BCUT2D eigenvalue weighted by Gasteiger charge is 2.13. The van der Waals surface area contributed by atoms with Crippen molar-refractivity contribution in [2.45, 2.75) is 84.0 Å². The number of carbonyl (C=O) groups excluding carboxylic acids is 1. The van der Waals surface area contributed by atoms with Gasteiger partial charge >= 0.3 is 0 Å². The maximum Gasteiger partial charge on any atom is 0.132 e. The average Bonchev–Trinajstić information content (AvgIpc) is 2.36. The molecule has 0 heterocycles. The Morgan fingerprint density at radius 3 is 1.78 bits per heavy atom. The number of carbonyl (C=O) groups is 1. The molecule has 0 spiro atoms. The summed E-state index contributed by atoms with van der Waals surface area (Å²) in [7, 11) is 0. The molecule has 1 nitrogen and oxygen atoms in total. The number of hydrogen-bond acceptors (Lipinski definition) is 1. The van der Waals surface area contributed by atoms with E-state index in [0.29, 0.717) is 11.7 Å². The SMILES string of the molecule is CC(=O)C1CCCCCC=CCCCCCCC1. The molecular weight excluding hydrogens is 220 g/mol. The van der Waals surface area contributed by atoms with Crippen LogP contribution in [0.25, 0.3) is 0 Å². The monoisotopic (exact) mass is 250 g/mol. The second kappa shape index (κ2) is 10.3. The summed E-state index contributed by atoms with van der Waals surface area (Å²) in [6.45, 7) is 1.78. The molecule has 0 amide bonds. The van der Waals surface area contributed by atoms with E-state index in [-0.39, 0.29) is 0 Å². The third kappa shape index (κ3) is 7.68. The van der Waals surface area contributed by atoms with Gasteiger partial charge < -0.3 is 0 Å². The lowest BCUT2D eigenvalue weighted by Crippen LogP contribution is -2.10. The third-order valence-electron chi connectivity index (χ3n) is 4.09. The standard InChI is InChI=1S/C17H30O/c1-16(18)17-14-12-10-8-6-4-2-3-5-7-9-11-13-15-17/h2,4,17H,3,5-15H2,1H3. The average molecular weight is 250 g/mol. The first kappa shape index (κ1) is 15.5. The lowest BCUT2D eigenvalue weighted by atomic mass is 9.91. The number of rotatable bonds is 1. The summed E-state index contributed by atoms with van der Waals surface area (Å²) in [5.41, 5.74) is 0.